The highest BCUT2D eigenvalue weighted by Crippen LogP contribution is 2.26. The molecule has 3 heterocycles. The molecule has 0 aromatic carbocycles. The minimum atomic E-state index is -1.14. The molecule has 0 saturated carbocycles. The summed E-state index contributed by atoms with van der Waals surface area (Å²) in [7, 11) is -1.14. The zero-order valence-corrected chi connectivity index (χ0v) is 19.8. The van der Waals surface area contributed by atoms with Gasteiger partial charge >= 0.3 is 0 Å². The van der Waals surface area contributed by atoms with Gasteiger partial charge in [0.05, 0.1) is 30.1 Å². The monoisotopic (exact) mass is 449 g/mol. The van der Waals surface area contributed by atoms with E-state index in [0.29, 0.717) is 35.5 Å². The van der Waals surface area contributed by atoms with Gasteiger partial charge in [-0.05, 0) is 26.0 Å². The molecule has 3 aromatic heterocycles. The molecule has 0 bridgehead atoms. The SMILES string of the molecule is CC(C)(O)Cn1cnc2c(-c3cnn(COCC[Si](C)(C)C)c3)nc(Cl)cc2c1=O. The first-order valence-corrected chi connectivity index (χ1v) is 13.9. The van der Waals surface area contributed by atoms with Gasteiger partial charge in [0.25, 0.3) is 5.56 Å². The third-order valence-electron chi connectivity index (χ3n) is 4.46. The maximum Gasteiger partial charge on any atom is 0.261 e. The molecule has 8 nitrogen and oxygen atoms in total. The minimum absolute atomic E-state index is 0.122. The fourth-order valence-corrected chi connectivity index (χ4v) is 3.91. The smallest absolute Gasteiger partial charge is 0.261 e. The summed E-state index contributed by atoms with van der Waals surface area (Å²) < 4.78 is 8.79. The summed E-state index contributed by atoms with van der Waals surface area (Å²) in [5.74, 6) is 0. The maximum absolute atomic E-state index is 12.9. The highest BCUT2D eigenvalue weighted by atomic mass is 35.5. The molecular weight excluding hydrogens is 422 g/mol. The van der Waals surface area contributed by atoms with Gasteiger partial charge in [0.1, 0.15) is 23.1 Å². The average molecular weight is 450 g/mol. The van der Waals surface area contributed by atoms with Crippen molar-refractivity contribution in [1.82, 2.24) is 24.3 Å². The number of nitrogens with zero attached hydrogens (tertiary/aromatic N) is 5. The van der Waals surface area contributed by atoms with Crippen molar-refractivity contribution < 1.29 is 9.84 Å². The second-order valence-corrected chi connectivity index (χ2v) is 15.3. The normalized spacial score (nSPS) is 12.6. The van der Waals surface area contributed by atoms with Crippen molar-refractivity contribution in [3.05, 3.63) is 40.3 Å². The number of pyridine rings is 1. The van der Waals surface area contributed by atoms with Gasteiger partial charge < -0.3 is 9.84 Å². The molecule has 3 aromatic rings. The third-order valence-corrected chi connectivity index (χ3v) is 6.36. The standard InChI is InChI=1S/C20H28ClN5O3Si/c1-20(2,28)11-25-12-22-18-15(19(25)27)8-16(21)24-17(18)14-9-23-26(10-14)13-29-6-7-30(3,4)5/h8-10,12,28H,6-7,11,13H2,1-5H3. The zero-order chi connectivity index (χ0) is 22.1. The maximum atomic E-state index is 12.9. The van der Waals surface area contributed by atoms with Gasteiger partial charge in [0.15, 0.2) is 0 Å². The van der Waals surface area contributed by atoms with E-state index in [0.717, 1.165) is 6.04 Å². The molecule has 0 amide bonds. The third kappa shape index (κ3) is 5.75. The summed E-state index contributed by atoms with van der Waals surface area (Å²) in [6.07, 6.45) is 4.88. The Balaban J connectivity index is 1.89. The lowest BCUT2D eigenvalue weighted by Crippen LogP contribution is -2.32. The Kier molecular flexibility index (Phi) is 6.47. The molecule has 0 unspecified atom stereocenters. The Hall–Kier alpha value is -2.07. The van der Waals surface area contributed by atoms with Crippen LogP contribution in [0.25, 0.3) is 22.2 Å². The molecule has 0 fully saturated rings. The fraction of sp³-hybridized carbons (Fsp3) is 0.500. The van der Waals surface area contributed by atoms with E-state index in [1.165, 1.54) is 17.0 Å². The first kappa shape index (κ1) is 22.6. The Morgan fingerprint density at radius 2 is 2.03 bits per heavy atom. The van der Waals surface area contributed by atoms with E-state index >= 15 is 0 Å². The van der Waals surface area contributed by atoms with Crippen molar-refractivity contribution in [2.75, 3.05) is 6.61 Å². The van der Waals surface area contributed by atoms with Crippen molar-refractivity contribution in [3.8, 4) is 11.3 Å². The Bertz CT molecular complexity index is 1100. The van der Waals surface area contributed by atoms with Crippen LogP contribution in [0.3, 0.4) is 0 Å². The molecule has 1 N–H and O–H groups in total. The van der Waals surface area contributed by atoms with Crippen molar-refractivity contribution in [2.24, 2.45) is 0 Å². The zero-order valence-electron chi connectivity index (χ0n) is 18.0. The quantitative estimate of drug-likeness (QED) is 0.321. The first-order chi connectivity index (χ1) is 13.9. The van der Waals surface area contributed by atoms with E-state index in [-0.39, 0.29) is 17.3 Å². The van der Waals surface area contributed by atoms with Gasteiger partial charge in [0.2, 0.25) is 0 Å². The molecule has 0 atom stereocenters. The van der Waals surface area contributed by atoms with Crippen molar-refractivity contribution in [2.45, 2.75) is 58.4 Å². The van der Waals surface area contributed by atoms with Crippen LogP contribution in [0.5, 0.6) is 0 Å². The summed E-state index contributed by atoms with van der Waals surface area (Å²) in [6, 6.07) is 2.59. The molecule has 0 aliphatic heterocycles. The van der Waals surface area contributed by atoms with Crippen LogP contribution in [0.1, 0.15) is 13.8 Å². The van der Waals surface area contributed by atoms with E-state index in [1.54, 1.807) is 30.9 Å². The highest BCUT2D eigenvalue weighted by Gasteiger charge is 2.19. The highest BCUT2D eigenvalue weighted by molar-refractivity contribution is 6.76. The molecule has 10 heteroatoms. The van der Waals surface area contributed by atoms with Crippen LogP contribution in [0, 0.1) is 0 Å². The molecule has 0 radical (unpaired) electrons. The number of aromatic nitrogens is 5. The fourth-order valence-electron chi connectivity index (χ4n) is 2.96. The Morgan fingerprint density at radius 3 is 2.70 bits per heavy atom. The van der Waals surface area contributed by atoms with Crippen LogP contribution in [-0.2, 0) is 18.0 Å². The van der Waals surface area contributed by atoms with Crippen LogP contribution in [0.15, 0.2) is 29.6 Å². The number of rotatable bonds is 8. The van der Waals surface area contributed by atoms with Crippen LogP contribution >= 0.6 is 11.6 Å². The molecule has 0 spiro atoms. The molecule has 162 valence electrons. The predicted molar refractivity (Wildman–Crippen MR) is 120 cm³/mol. The number of aliphatic hydroxyl groups is 1. The van der Waals surface area contributed by atoms with E-state index in [9.17, 15) is 9.90 Å². The van der Waals surface area contributed by atoms with Crippen LogP contribution in [0.4, 0.5) is 0 Å². The lowest BCUT2D eigenvalue weighted by atomic mass is 10.1. The number of ether oxygens (including phenoxy) is 1. The second-order valence-electron chi connectivity index (χ2n) is 9.30. The van der Waals surface area contributed by atoms with E-state index in [4.69, 9.17) is 16.3 Å². The molecule has 0 saturated heterocycles. The van der Waals surface area contributed by atoms with E-state index < -0.39 is 13.7 Å². The van der Waals surface area contributed by atoms with E-state index in [1.807, 2.05) is 0 Å². The molecule has 3 rings (SSSR count). The summed E-state index contributed by atoms with van der Waals surface area (Å²) >= 11 is 6.20. The largest absolute Gasteiger partial charge is 0.389 e. The van der Waals surface area contributed by atoms with Crippen LogP contribution in [-0.4, -0.2) is 49.7 Å². The van der Waals surface area contributed by atoms with Crippen molar-refractivity contribution in [1.29, 1.82) is 0 Å². The number of halogens is 1. The average Bonchev–Trinajstić information content (AvgIpc) is 3.08. The topological polar surface area (TPSA) is 95.1 Å². The van der Waals surface area contributed by atoms with Gasteiger partial charge in [-0.2, -0.15) is 5.10 Å². The number of hydrogen-bond donors (Lipinski definition) is 1. The Labute approximate surface area is 181 Å². The number of hydrogen-bond acceptors (Lipinski definition) is 6. The van der Waals surface area contributed by atoms with Gasteiger partial charge in [0, 0.05) is 26.4 Å². The summed E-state index contributed by atoms with van der Waals surface area (Å²) in [5.41, 5.74) is 0.294. The minimum Gasteiger partial charge on any atom is -0.389 e. The predicted octanol–water partition coefficient (Wildman–Crippen LogP) is 3.39. The van der Waals surface area contributed by atoms with Crippen molar-refractivity contribution >= 4 is 30.6 Å². The lowest BCUT2D eigenvalue weighted by Gasteiger charge is -2.18. The second kappa shape index (κ2) is 8.58. The van der Waals surface area contributed by atoms with Crippen molar-refractivity contribution in [3.63, 3.8) is 0 Å². The van der Waals surface area contributed by atoms with Gasteiger partial charge in [-0.15, -0.1) is 0 Å². The first-order valence-electron chi connectivity index (χ1n) is 9.82. The van der Waals surface area contributed by atoms with E-state index in [2.05, 4.69) is 34.7 Å². The Morgan fingerprint density at radius 1 is 1.30 bits per heavy atom. The molecule has 0 aliphatic carbocycles. The van der Waals surface area contributed by atoms with Gasteiger partial charge in [-0.3, -0.25) is 9.36 Å². The summed E-state index contributed by atoms with van der Waals surface area (Å²) in [6.45, 7) is 11.4. The summed E-state index contributed by atoms with van der Waals surface area (Å²) in [5, 5.41) is 14.9. The number of fused-ring (bicyclic) bond motifs is 1. The van der Waals surface area contributed by atoms with Crippen LogP contribution < -0.4 is 5.56 Å². The van der Waals surface area contributed by atoms with Crippen LogP contribution in [0.2, 0.25) is 30.8 Å². The van der Waals surface area contributed by atoms with Gasteiger partial charge in [-0.1, -0.05) is 31.2 Å². The molecule has 30 heavy (non-hydrogen) atoms. The summed E-state index contributed by atoms with van der Waals surface area (Å²) in [4.78, 5) is 21.7. The lowest BCUT2D eigenvalue weighted by molar-refractivity contribution is 0.0603. The molecular formula is C20H28ClN5O3Si. The van der Waals surface area contributed by atoms with Gasteiger partial charge in [-0.25, -0.2) is 14.6 Å². The molecule has 0 aliphatic rings.